The summed E-state index contributed by atoms with van der Waals surface area (Å²) in [5.41, 5.74) is 1.39. The molecule has 3 atom stereocenters. The zero-order valence-electron chi connectivity index (χ0n) is 18.8. The zero-order valence-corrected chi connectivity index (χ0v) is 19.6. The van der Waals surface area contributed by atoms with Gasteiger partial charge in [0.2, 0.25) is 0 Å². The first-order valence-corrected chi connectivity index (χ1v) is 12.5. The first kappa shape index (κ1) is 21.3. The first-order valence-electron chi connectivity index (χ1n) is 12.1. The number of rotatable bonds is 3. The Labute approximate surface area is 203 Å². The fraction of sp³-hybridized carbons (Fsp3) is 0.480. The third-order valence-electron chi connectivity index (χ3n) is 7.90. The maximum absolute atomic E-state index is 13.6. The highest BCUT2D eigenvalue weighted by Crippen LogP contribution is 2.43. The minimum absolute atomic E-state index is 0.0337. The van der Waals surface area contributed by atoms with Gasteiger partial charge in [-0.15, -0.1) is 0 Å². The molecule has 1 aliphatic carbocycles. The monoisotopic (exact) mass is 474 g/mol. The molecule has 6 rings (SSSR count). The van der Waals surface area contributed by atoms with Gasteiger partial charge in [0.15, 0.2) is 5.11 Å². The van der Waals surface area contributed by atoms with Crippen molar-refractivity contribution in [2.45, 2.75) is 56.7 Å². The number of fused-ring (bicyclic) bond motifs is 6. The summed E-state index contributed by atoms with van der Waals surface area (Å²) in [6.07, 6.45) is 8.76. The van der Waals surface area contributed by atoms with Crippen molar-refractivity contribution in [1.82, 2.24) is 20.1 Å². The molecule has 4 fully saturated rings. The summed E-state index contributed by atoms with van der Waals surface area (Å²) in [6, 6.07) is 8.01. The van der Waals surface area contributed by atoms with Crippen LogP contribution in [0.15, 0.2) is 30.5 Å². The second-order valence-corrected chi connectivity index (χ2v) is 10.1. The van der Waals surface area contributed by atoms with Crippen LogP contribution in [0.5, 0.6) is 0 Å². The molecule has 1 aromatic heterocycles. The lowest BCUT2D eigenvalue weighted by molar-refractivity contribution is -0.120. The van der Waals surface area contributed by atoms with Crippen LogP contribution in [0.2, 0.25) is 0 Å². The van der Waals surface area contributed by atoms with E-state index < -0.39 is 6.04 Å². The number of imide groups is 1. The fourth-order valence-corrected chi connectivity index (χ4v) is 6.57. The number of nitriles is 1. The van der Waals surface area contributed by atoms with Crippen LogP contribution in [-0.4, -0.2) is 63.0 Å². The van der Waals surface area contributed by atoms with Crippen LogP contribution >= 0.6 is 12.2 Å². The molecule has 3 saturated heterocycles. The minimum atomic E-state index is -0.539. The summed E-state index contributed by atoms with van der Waals surface area (Å²) < 4.78 is 0. The summed E-state index contributed by atoms with van der Waals surface area (Å²) in [5, 5.41) is 14.2. The van der Waals surface area contributed by atoms with Crippen molar-refractivity contribution in [3.8, 4) is 6.07 Å². The lowest BCUT2D eigenvalue weighted by Crippen LogP contribution is -2.57. The van der Waals surface area contributed by atoms with Crippen molar-refractivity contribution in [1.29, 1.82) is 5.26 Å². The highest BCUT2D eigenvalue weighted by molar-refractivity contribution is 7.80. The maximum Gasteiger partial charge on any atom is 0.332 e. The van der Waals surface area contributed by atoms with Crippen LogP contribution in [0.3, 0.4) is 0 Å². The Kier molecular flexibility index (Phi) is 5.14. The van der Waals surface area contributed by atoms with Gasteiger partial charge >= 0.3 is 6.03 Å². The number of aromatic nitrogens is 1. The number of thiocarbonyl (C=S) groups is 1. The maximum atomic E-state index is 13.6. The molecule has 8 nitrogen and oxygen atoms in total. The lowest BCUT2D eigenvalue weighted by atomic mass is 9.89. The number of nitrogens with zero attached hydrogens (tertiary/aromatic N) is 5. The number of piperazine rings is 1. The Morgan fingerprint density at radius 1 is 1.21 bits per heavy atom. The molecule has 3 aliphatic heterocycles. The van der Waals surface area contributed by atoms with Gasteiger partial charge in [-0.2, -0.15) is 5.26 Å². The average Bonchev–Trinajstić information content (AvgIpc) is 3.54. The molecular formula is C25H26N6O2S. The molecule has 4 aliphatic rings. The van der Waals surface area contributed by atoms with E-state index in [1.807, 2.05) is 0 Å². The molecule has 1 aromatic carbocycles. The van der Waals surface area contributed by atoms with Crippen LogP contribution in [0.1, 0.15) is 44.1 Å². The number of benzene rings is 1. The van der Waals surface area contributed by atoms with E-state index >= 15 is 0 Å². The van der Waals surface area contributed by atoms with Gasteiger partial charge in [0, 0.05) is 24.7 Å². The summed E-state index contributed by atoms with van der Waals surface area (Å²) in [4.78, 5) is 36.6. The summed E-state index contributed by atoms with van der Waals surface area (Å²) in [6.45, 7) is 1.53. The normalized spacial score (nSPS) is 26.3. The summed E-state index contributed by atoms with van der Waals surface area (Å²) in [5.74, 6) is 0.429. The van der Waals surface area contributed by atoms with Crippen LogP contribution < -0.4 is 10.2 Å². The predicted molar refractivity (Wildman–Crippen MR) is 131 cm³/mol. The Balaban J connectivity index is 1.24. The third-order valence-corrected chi connectivity index (χ3v) is 8.28. The van der Waals surface area contributed by atoms with Crippen LogP contribution in [0, 0.1) is 17.2 Å². The van der Waals surface area contributed by atoms with Crippen LogP contribution in [-0.2, 0) is 4.79 Å². The largest absolute Gasteiger partial charge is 0.362 e. The molecule has 34 heavy (non-hydrogen) atoms. The lowest BCUT2D eigenvalue weighted by Gasteiger charge is -2.37. The number of amides is 3. The molecule has 3 amide bonds. The van der Waals surface area contributed by atoms with E-state index in [9.17, 15) is 14.9 Å². The van der Waals surface area contributed by atoms with Gasteiger partial charge in [-0.25, -0.2) is 9.69 Å². The number of hydrogen-bond donors (Lipinski definition) is 1. The van der Waals surface area contributed by atoms with Crippen molar-refractivity contribution in [2.75, 3.05) is 18.0 Å². The summed E-state index contributed by atoms with van der Waals surface area (Å²) in [7, 11) is 0. The Bertz CT molecular complexity index is 1240. The van der Waals surface area contributed by atoms with E-state index in [1.165, 1.54) is 37.0 Å². The number of urea groups is 1. The average molecular weight is 475 g/mol. The van der Waals surface area contributed by atoms with E-state index in [0.29, 0.717) is 39.7 Å². The van der Waals surface area contributed by atoms with Gasteiger partial charge in [0.25, 0.3) is 5.91 Å². The number of carbonyl (C=O) groups is 2. The van der Waals surface area contributed by atoms with E-state index in [1.54, 1.807) is 35.4 Å². The second kappa shape index (κ2) is 8.20. The van der Waals surface area contributed by atoms with Gasteiger partial charge in [0.1, 0.15) is 12.1 Å². The number of nitrogens with one attached hydrogen (secondary N) is 1. The number of carbonyl (C=O) groups excluding carboxylic acids is 2. The van der Waals surface area contributed by atoms with Gasteiger partial charge in [0.05, 0.1) is 28.9 Å². The first-order chi connectivity index (χ1) is 16.6. The molecular weight excluding hydrogens is 448 g/mol. The van der Waals surface area contributed by atoms with E-state index in [4.69, 9.17) is 12.2 Å². The third kappa shape index (κ3) is 3.16. The van der Waals surface area contributed by atoms with Gasteiger partial charge in [-0.3, -0.25) is 9.78 Å². The van der Waals surface area contributed by atoms with Gasteiger partial charge in [-0.05, 0) is 61.7 Å². The highest BCUT2D eigenvalue weighted by Gasteiger charge is 2.62. The second-order valence-electron chi connectivity index (χ2n) is 9.75. The Hall–Kier alpha value is -3.25. The number of pyridine rings is 1. The number of anilines is 1. The van der Waals surface area contributed by atoms with Crippen LogP contribution in [0.25, 0.3) is 10.9 Å². The molecule has 0 spiro atoms. The number of likely N-dealkylation sites (tertiary alicyclic amines) is 1. The van der Waals surface area contributed by atoms with E-state index in [-0.39, 0.29) is 24.0 Å². The Morgan fingerprint density at radius 3 is 2.82 bits per heavy atom. The fourth-order valence-electron chi connectivity index (χ4n) is 6.28. The molecule has 1 N–H and O–H groups in total. The summed E-state index contributed by atoms with van der Waals surface area (Å²) >= 11 is 5.74. The SMILES string of the molecule is N#Cc1ccc(N2C(=O)[C@H]3C4CC(CN4C(=S)NCC4CCCCC4)N3C2=O)c2cccnc12. The molecule has 174 valence electrons. The molecule has 1 saturated carbocycles. The molecule has 2 aromatic rings. The topological polar surface area (TPSA) is 92.6 Å². The predicted octanol–water partition coefficient (Wildman–Crippen LogP) is 3.15. The minimum Gasteiger partial charge on any atom is -0.362 e. The molecule has 9 heteroatoms. The highest BCUT2D eigenvalue weighted by atomic mass is 32.1. The van der Waals surface area contributed by atoms with Crippen molar-refractivity contribution >= 4 is 45.9 Å². The molecule has 0 radical (unpaired) electrons. The van der Waals surface area contributed by atoms with Gasteiger partial charge < -0.3 is 15.1 Å². The van der Waals surface area contributed by atoms with E-state index in [0.717, 1.165) is 13.0 Å². The van der Waals surface area contributed by atoms with Crippen LogP contribution in [0.4, 0.5) is 10.5 Å². The molecule has 4 heterocycles. The zero-order chi connectivity index (χ0) is 23.4. The Morgan fingerprint density at radius 2 is 2.03 bits per heavy atom. The molecule has 2 bridgehead atoms. The van der Waals surface area contributed by atoms with E-state index in [2.05, 4.69) is 21.3 Å². The smallest absolute Gasteiger partial charge is 0.332 e. The quantitative estimate of drug-likeness (QED) is 0.540. The standard InChI is InChI=1S/C25H26N6O2S/c26-12-16-8-9-19(18-7-4-10-27-21(16)18)31-23(32)22-20-11-17(30(22)25(31)33)14-29(20)24(34)28-13-15-5-2-1-3-6-15/h4,7-10,15,17,20,22H,1-3,5-6,11,13-14H2,(H,28,34)/t17?,20?,22-/m1/s1. The van der Waals surface area contributed by atoms with Crippen molar-refractivity contribution in [3.05, 3.63) is 36.0 Å². The van der Waals surface area contributed by atoms with Gasteiger partial charge in [-0.1, -0.05) is 19.3 Å². The van der Waals surface area contributed by atoms with Crippen molar-refractivity contribution in [2.24, 2.45) is 5.92 Å². The number of hydrogen-bond acceptors (Lipinski definition) is 5. The molecule has 2 unspecified atom stereocenters. The van der Waals surface area contributed by atoms with Crippen molar-refractivity contribution in [3.63, 3.8) is 0 Å². The van der Waals surface area contributed by atoms with Crippen molar-refractivity contribution < 1.29 is 9.59 Å².